The molecular weight excluding hydrogens is 695 g/mol. The Kier molecular flexibility index (Phi) is 5.85. The summed E-state index contributed by atoms with van der Waals surface area (Å²) in [6, 6.07) is 46.4. The van der Waals surface area contributed by atoms with Gasteiger partial charge in [0.2, 0.25) is 0 Å². The molecule has 0 fully saturated rings. The fourth-order valence-electron chi connectivity index (χ4n) is 9.39. The lowest BCUT2D eigenvalue weighted by Crippen LogP contribution is -2.41. The summed E-state index contributed by atoms with van der Waals surface area (Å²) >= 11 is 0. The van der Waals surface area contributed by atoms with E-state index in [9.17, 15) is 19.5 Å². The van der Waals surface area contributed by atoms with Gasteiger partial charge in [0, 0.05) is 43.4 Å². The number of imide groups is 1. The summed E-state index contributed by atoms with van der Waals surface area (Å²) < 4.78 is 3.43. The Morgan fingerprint density at radius 3 is 1.59 bits per heavy atom. The first-order valence-electron chi connectivity index (χ1n) is 18.4. The minimum Gasteiger partial charge on any atom is -0.504 e. The Morgan fingerprint density at radius 1 is 0.446 bits per heavy atom. The molecule has 0 aliphatic carbocycles. The summed E-state index contributed by atoms with van der Waals surface area (Å²) in [6.07, 6.45) is 0. The fourth-order valence-corrected chi connectivity index (χ4v) is 9.39. The number of amides is 2. The maximum Gasteiger partial charge on any atom is 0.265 e. The van der Waals surface area contributed by atoms with Gasteiger partial charge in [-0.25, -0.2) is 4.90 Å². The smallest absolute Gasteiger partial charge is 0.265 e. The van der Waals surface area contributed by atoms with Crippen molar-refractivity contribution >= 4 is 99.7 Å². The van der Waals surface area contributed by atoms with Crippen molar-refractivity contribution in [1.82, 2.24) is 9.13 Å². The van der Waals surface area contributed by atoms with Gasteiger partial charge in [-0.2, -0.15) is 0 Å². The molecule has 0 radical (unpaired) electrons. The standard InChI is InChI=1S/C49H27N3O4/c1-26-32-20-21-36-45-37(49(56)51(48(36)55)31-24-29-18-16-27-8-6-9-28-17-19-30(25-31)43(29)42(27)28)23-22-35(44(32)45)47(54)50(26)40-14-7-15-41(46(40)53)52-38-12-4-2-10-33(38)34-11-3-5-13-39(34)52/h2-25,53H,1H2. The van der Waals surface area contributed by atoms with E-state index in [0.717, 1.165) is 54.1 Å². The Bertz CT molecular complexity index is 3510. The number of phenols is 1. The maximum atomic E-state index is 14.6. The molecule has 0 saturated carbocycles. The largest absolute Gasteiger partial charge is 0.504 e. The molecule has 0 bridgehead atoms. The van der Waals surface area contributed by atoms with E-state index in [2.05, 4.69) is 43.0 Å². The molecule has 262 valence electrons. The predicted molar refractivity (Wildman–Crippen MR) is 225 cm³/mol. The SMILES string of the molecule is C=c1c2ccc3c4c(ccc(c(=O)n1-c1cccc(-n5c6ccccc6c6ccccc65)c1O)c42)C(=O)N(c1cc2ccc4cccc5ccc(c1)c2c45)C3=O. The van der Waals surface area contributed by atoms with Crippen LogP contribution in [0.15, 0.2) is 150 Å². The van der Waals surface area contributed by atoms with Crippen LogP contribution in [-0.4, -0.2) is 26.1 Å². The van der Waals surface area contributed by atoms with Gasteiger partial charge in [-0.1, -0.05) is 97.6 Å². The molecule has 0 unspecified atom stereocenters. The molecule has 7 heteroatoms. The number of para-hydroxylation sites is 3. The number of carbonyl (C=O) groups is 2. The van der Waals surface area contributed by atoms with Crippen molar-refractivity contribution in [1.29, 1.82) is 0 Å². The lowest BCUT2D eigenvalue weighted by molar-refractivity contribution is 0.0893. The zero-order valence-corrected chi connectivity index (χ0v) is 29.6. The Morgan fingerprint density at radius 2 is 0.964 bits per heavy atom. The molecule has 9 aromatic carbocycles. The van der Waals surface area contributed by atoms with Gasteiger partial charge in [-0.15, -0.1) is 0 Å². The van der Waals surface area contributed by atoms with Crippen LogP contribution in [0.1, 0.15) is 20.7 Å². The third kappa shape index (κ3) is 3.78. The Balaban J connectivity index is 1.04. The predicted octanol–water partition coefficient (Wildman–Crippen LogP) is 9.77. The second kappa shape index (κ2) is 10.7. The number of nitrogens with zero attached hydrogens (tertiary/aromatic N) is 3. The minimum absolute atomic E-state index is 0.0861. The molecule has 0 saturated heterocycles. The molecule has 1 N–H and O–H groups in total. The molecule has 11 aromatic rings. The molecule has 3 heterocycles. The van der Waals surface area contributed by atoms with Crippen LogP contribution < -0.4 is 15.8 Å². The van der Waals surface area contributed by atoms with Crippen molar-refractivity contribution < 1.29 is 14.7 Å². The van der Waals surface area contributed by atoms with Crippen molar-refractivity contribution in [2.45, 2.75) is 0 Å². The van der Waals surface area contributed by atoms with Crippen molar-refractivity contribution in [3.8, 4) is 17.1 Å². The molecule has 2 aromatic heterocycles. The van der Waals surface area contributed by atoms with E-state index in [1.807, 2.05) is 83.4 Å². The third-order valence-electron chi connectivity index (χ3n) is 11.8. The van der Waals surface area contributed by atoms with Crippen LogP contribution in [0.2, 0.25) is 0 Å². The van der Waals surface area contributed by atoms with Gasteiger partial charge in [0.05, 0.1) is 33.4 Å². The van der Waals surface area contributed by atoms with E-state index in [-0.39, 0.29) is 11.4 Å². The van der Waals surface area contributed by atoms with Crippen LogP contribution in [0.3, 0.4) is 0 Å². The van der Waals surface area contributed by atoms with Crippen molar-refractivity contribution in [3.63, 3.8) is 0 Å². The number of aromatic hydroxyl groups is 1. The van der Waals surface area contributed by atoms with Gasteiger partial charge in [-0.05, 0) is 86.9 Å². The van der Waals surface area contributed by atoms with E-state index in [4.69, 9.17) is 0 Å². The zero-order valence-electron chi connectivity index (χ0n) is 29.6. The number of hydrogen-bond acceptors (Lipinski definition) is 4. The van der Waals surface area contributed by atoms with E-state index < -0.39 is 17.4 Å². The topological polar surface area (TPSA) is 84.5 Å². The number of fused-ring (bicyclic) bond motifs is 3. The first kappa shape index (κ1) is 30.7. The Labute approximate surface area is 317 Å². The van der Waals surface area contributed by atoms with Gasteiger partial charge in [-0.3, -0.25) is 19.0 Å². The molecular formula is C49H27N3O4. The Hall–Kier alpha value is -7.77. The van der Waals surface area contributed by atoms with E-state index in [1.54, 1.807) is 30.3 Å². The molecule has 12 rings (SSSR count). The normalized spacial score (nSPS) is 13.2. The number of benzene rings is 9. The van der Waals surface area contributed by atoms with Crippen LogP contribution in [0.25, 0.3) is 93.6 Å². The second-order valence-corrected chi connectivity index (χ2v) is 14.6. The number of phenolic OH excluding ortho intramolecular Hbond substituents is 1. The van der Waals surface area contributed by atoms with Crippen LogP contribution in [-0.2, 0) is 0 Å². The van der Waals surface area contributed by atoms with E-state index >= 15 is 0 Å². The fraction of sp³-hybridized carbons (Fsp3) is 0. The zero-order chi connectivity index (χ0) is 37.6. The number of hydrogen-bond donors (Lipinski definition) is 1. The van der Waals surface area contributed by atoms with Gasteiger partial charge in [0.15, 0.2) is 5.75 Å². The summed E-state index contributed by atoms with van der Waals surface area (Å²) in [6.45, 7) is 4.36. The molecule has 1 aliphatic heterocycles. The van der Waals surface area contributed by atoms with Gasteiger partial charge >= 0.3 is 0 Å². The first-order chi connectivity index (χ1) is 27.4. The molecule has 7 nitrogen and oxygen atoms in total. The number of carbonyl (C=O) groups excluding carboxylic acids is 2. The summed E-state index contributed by atoms with van der Waals surface area (Å²) in [7, 11) is 0. The maximum absolute atomic E-state index is 14.6. The monoisotopic (exact) mass is 721 g/mol. The lowest BCUT2D eigenvalue weighted by atomic mass is 9.89. The van der Waals surface area contributed by atoms with Crippen LogP contribution in [0, 0.1) is 0 Å². The van der Waals surface area contributed by atoms with Crippen LogP contribution in [0.5, 0.6) is 5.75 Å². The van der Waals surface area contributed by atoms with Crippen molar-refractivity contribution in [2.75, 3.05) is 4.90 Å². The highest BCUT2D eigenvalue weighted by Gasteiger charge is 2.36. The van der Waals surface area contributed by atoms with Crippen molar-refractivity contribution in [3.05, 3.63) is 172 Å². The highest BCUT2D eigenvalue weighted by molar-refractivity contribution is 6.39. The van der Waals surface area contributed by atoms with Crippen LogP contribution >= 0.6 is 0 Å². The summed E-state index contributed by atoms with van der Waals surface area (Å²) in [4.78, 5) is 44.8. The number of pyridine rings is 1. The van der Waals surface area contributed by atoms with E-state index in [1.165, 1.54) is 9.47 Å². The highest BCUT2D eigenvalue weighted by Crippen LogP contribution is 2.42. The molecule has 0 atom stereocenters. The number of aromatic nitrogens is 2. The third-order valence-corrected chi connectivity index (χ3v) is 11.8. The average Bonchev–Trinajstić information content (AvgIpc) is 3.56. The number of rotatable bonds is 3. The minimum atomic E-state index is -0.462. The summed E-state index contributed by atoms with van der Waals surface area (Å²) in [5, 5.41) is 22.7. The van der Waals surface area contributed by atoms with Gasteiger partial charge in [0.25, 0.3) is 17.4 Å². The highest BCUT2D eigenvalue weighted by atomic mass is 16.3. The molecule has 56 heavy (non-hydrogen) atoms. The molecule has 2 amide bonds. The van der Waals surface area contributed by atoms with Gasteiger partial charge in [0.1, 0.15) is 0 Å². The molecule has 0 spiro atoms. The van der Waals surface area contributed by atoms with Crippen LogP contribution in [0.4, 0.5) is 5.69 Å². The van der Waals surface area contributed by atoms with Gasteiger partial charge < -0.3 is 9.67 Å². The average molecular weight is 722 g/mol. The first-order valence-corrected chi connectivity index (χ1v) is 18.4. The quantitative estimate of drug-likeness (QED) is 0.146. The summed E-state index contributed by atoms with van der Waals surface area (Å²) in [5.41, 5.74) is 3.34. The number of anilines is 1. The summed E-state index contributed by atoms with van der Waals surface area (Å²) in [5.74, 6) is -1.01. The van der Waals surface area contributed by atoms with E-state index in [0.29, 0.717) is 49.4 Å². The lowest BCUT2D eigenvalue weighted by Gasteiger charge is -2.29. The van der Waals surface area contributed by atoms with Crippen molar-refractivity contribution in [2.24, 2.45) is 0 Å². The molecule has 1 aliphatic rings. The second-order valence-electron chi connectivity index (χ2n) is 14.6.